The van der Waals surface area contributed by atoms with Crippen LogP contribution in [0, 0.1) is 5.92 Å². The maximum Gasteiger partial charge on any atom is 0.237 e. The van der Waals surface area contributed by atoms with Gasteiger partial charge in [-0.15, -0.1) is 0 Å². The summed E-state index contributed by atoms with van der Waals surface area (Å²) in [6.45, 7) is 10.2. The lowest BCUT2D eigenvalue weighted by atomic mass is 9.81. The highest BCUT2D eigenvalue weighted by atomic mass is 16.2. The van der Waals surface area contributed by atoms with Crippen molar-refractivity contribution in [1.29, 1.82) is 0 Å². The Morgan fingerprint density at radius 3 is 2.29 bits per heavy atom. The van der Waals surface area contributed by atoms with Crippen molar-refractivity contribution in [3.8, 4) is 0 Å². The van der Waals surface area contributed by atoms with E-state index in [1.165, 1.54) is 25.7 Å². The number of carbonyl (C=O) groups is 1. The number of hydrogen-bond donors (Lipinski definition) is 2. The molecule has 0 aromatic carbocycles. The van der Waals surface area contributed by atoms with Crippen molar-refractivity contribution in [2.24, 2.45) is 5.92 Å². The Balaban J connectivity index is 2.26. The summed E-state index contributed by atoms with van der Waals surface area (Å²) in [4.78, 5) is 11.9. The first kappa shape index (κ1) is 14.5. The third-order valence-electron chi connectivity index (χ3n) is 3.34. The molecule has 3 heteroatoms. The summed E-state index contributed by atoms with van der Waals surface area (Å²) in [5.41, 5.74) is -0.149. The number of hydrogen-bond acceptors (Lipinski definition) is 2. The van der Waals surface area contributed by atoms with Crippen molar-refractivity contribution in [3.63, 3.8) is 0 Å². The zero-order valence-corrected chi connectivity index (χ0v) is 12.0. The summed E-state index contributed by atoms with van der Waals surface area (Å²) in [5.74, 6) is 0.980. The number of amides is 1. The zero-order valence-electron chi connectivity index (χ0n) is 12.0. The van der Waals surface area contributed by atoms with E-state index in [1.54, 1.807) is 0 Å². The van der Waals surface area contributed by atoms with Crippen molar-refractivity contribution in [2.75, 3.05) is 0 Å². The Kier molecular flexibility index (Phi) is 4.99. The van der Waals surface area contributed by atoms with Gasteiger partial charge in [0, 0.05) is 11.6 Å². The van der Waals surface area contributed by atoms with E-state index >= 15 is 0 Å². The van der Waals surface area contributed by atoms with Crippen molar-refractivity contribution in [3.05, 3.63) is 0 Å². The maximum atomic E-state index is 11.9. The SMILES string of the molecule is CC(CC1CCC1)NC(C)C(=O)NC(C)(C)C. The Bertz CT molecular complexity index is 253. The smallest absolute Gasteiger partial charge is 0.237 e. The average molecular weight is 240 g/mol. The van der Waals surface area contributed by atoms with Crippen LogP contribution in [0.3, 0.4) is 0 Å². The van der Waals surface area contributed by atoms with Gasteiger partial charge in [-0.3, -0.25) is 4.79 Å². The molecule has 0 bridgehead atoms. The van der Waals surface area contributed by atoms with E-state index in [0.717, 1.165) is 5.92 Å². The fraction of sp³-hybridized carbons (Fsp3) is 0.929. The monoisotopic (exact) mass is 240 g/mol. The minimum absolute atomic E-state index is 0.0953. The lowest BCUT2D eigenvalue weighted by molar-refractivity contribution is -0.124. The van der Waals surface area contributed by atoms with Crippen LogP contribution in [0.2, 0.25) is 0 Å². The van der Waals surface area contributed by atoms with Crippen molar-refractivity contribution in [1.82, 2.24) is 10.6 Å². The van der Waals surface area contributed by atoms with Gasteiger partial charge in [-0.05, 0) is 47.0 Å². The fourth-order valence-corrected chi connectivity index (χ4v) is 2.28. The summed E-state index contributed by atoms with van der Waals surface area (Å²) in [6.07, 6.45) is 5.33. The average Bonchev–Trinajstić information content (AvgIpc) is 2.08. The van der Waals surface area contributed by atoms with Crippen LogP contribution in [0.1, 0.15) is 60.3 Å². The lowest BCUT2D eigenvalue weighted by Crippen LogP contribution is -2.51. The molecular weight excluding hydrogens is 212 g/mol. The van der Waals surface area contributed by atoms with E-state index in [9.17, 15) is 4.79 Å². The van der Waals surface area contributed by atoms with Gasteiger partial charge in [-0.1, -0.05) is 19.3 Å². The van der Waals surface area contributed by atoms with Gasteiger partial charge in [0.1, 0.15) is 0 Å². The first-order chi connectivity index (χ1) is 7.78. The first-order valence-corrected chi connectivity index (χ1v) is 6.86. The lowest BCUT2D eigenvalue weighted by Gasteiger charge is -2.30. The van der Waals surface area contributed by atoms with Crippen LogP contribution in [0.4, 0.5) is 0 Å². The minimum Gasteiger partial charge on any atom is -0.350 e. The van der Waals surface area contributed by atoms with Crippen LogP contribution in [-0.4, -0.2) is 23.5 Å². The van der Waals surface area contributed by atoms with Gasteiger partial charge in [0.05, 0.1) is 6.04 Å². The predicted octanol–water partition coefficient (Wildman–Crippen LogP) is 2.46. The zero-order chi connectivity index (χ0) is 13.1. The van der Waals surface area contributed by atoms with Crippen molar-refractivity contribution >= 4 is 5.91 Å². The van der Waals surface area contributed by atoms with Gasteiger partial charge in [0.2, 0.25) is 5.91 Å². The van der Waals surface area contributed by atoms with Crippen LogP contribution in [0.15, 0.2) is 0 Å². The van der Waals surface area contributed by atoms with Crippen molar-refractivity contribution < 1.29 is 4.79 Å². The topological polar surface area (TPSA) is 41.1 Å². The molecule has 0 spiro atoms. The second-order valence-corrected chi connectivity index (χ2v) is 6.56. The van der Waals surface area contributed by atoms with E-state index in [-0.39, 0.29) is 17.5 Å². The molecule has 0 aromatic heterocycles. The molecule has 2 atom stereocenters. The van der Waals surface area contributed by atoms with E-state index in [2.05, 4.69) is 17.6 Å². The van der Waals surface area contributed by atoms with Gasteiger partial charge in [-0.25, -0.2) is 0 Å². The highest BCUT2D eigenvalue weighted by Gasteiger charge is 2.23. The molecule has 0 aliphatic heterocycles. The highest BCUT2D eigenvalue weighted by Crippen LogP contribution is 2.30. The highest BCUT2D eigenvalue weighted by molar-refractivity contribution is 5.81. The Labute approximate surface area is 106 Å². The van der Waals surface area contributed by atoms with Gasteiger partial charge in [-0.2, -0.15) is 0 Å². The molecule has 2 N–H and O–H groups in total. The molecule has 1 saturated carbocycles. The molecule has 0 saturated heterocycles. The Hall–Kier alpha value is -0.570. The van der Waals surface area contributed by atoms with Crippen LogP contribution < -0.4 is 10.6 Å². The van der Waals surface area contributed by atoms with Gasteiger partial charge < -0.3 is 10.6 Å². The molecule has 0 radical (unpaired) electrons. The molecule has 1 fully saturated rings. The molecule has 0 aromatic rings. The minimum atomic E-state index is -0.149. The summed E-state index contributed by atoms with van der Waals surface area (Å²) in [7, 11) is 0. The van der Waals surface area contributed by atoms with Crippen LogP contribution in [-0.2, 0) is 4.79 Å². The van der Waals surface area contributed by atoms with Crippen LogP contribution >= 0.6 is 0 Å². The van der Waals surface area contributed by atoms with E-state index in [4.69, 9.17) is 0 Å². The quantitative estimate of drug-likeness (QED) is 0.775. The molecule has 100 valence electrons. The molecule has 1 rings (SSSR count). The standard InChI is InChI=1S/C14H28N2O/c1-10(9-12-7-6-8-12)15-11(2)13(17)16-14(3,4)5/h10-12,15H,6-9H2,1-5H3,(H,16,17). The summed E-state index contributed by atoms with van der Waals surface area (Å²) in [5, 5.41) is 6.39. The Morgan fingerprint density at radius 1 is 1.29 bits per heavy atom. The summed E-state index contributed by atoms with van der Waals surface area (Å²) >= 11 is 0. The molecule has 2 unspecified atom stereocenters. The van der Waals surface area contributed by atoms with Gasteiger partial charge in [0.25, 0.3) is 0 Å². The first-order valence-electron chi connectivity index (χ1n) is 6.86. The molecule has 0 heterocycles. The summed E-state index contributed by atoms with van der Waals surface area (Å²) in [6, 6.07) is 0.324. The normalized spacial score (nSPS) is 20.5. The molecule has 17 heavy (non-hydrogen) atoms. The molecular formula is C14H28N2O. The van der Waals surface area contributed by atoms with E-state index < -0.39 is 0 Å². The third kappa shape index (κ3) is 5.53. The largest absolute Gasteiger partial charge is 0.350 e. The van der Waals surface area contributed by atoms with E-state index in [1.807, 2.05) is 27.7 Å². The van der Waals surface area contributed by atoms with Crippen molar-refractivity contribution in [2.45, 2.75) is 77.9 Å². The Morgan fingerprint density at radius 2 is 1.88 bits per heavy atom. The molecule has 3 nitrogen and oxygen atoms in total. The van der Waals surface area contributed by atoms with Gasteiger partial charge in [0.15, 0.2) is 0 Å². The van der Waals surface area contributed by atoms with Gasteiger partial charge >= 0.3 is 0 Å². The second-order valence-electron chi connectivity index (χ2n) is 6.56. The number of nitrogens with one attached hydrogen (secondary N) is 2. The van der Waals surface area contributed by atoms with Crippen LogP contribution in [0.5, 0.6) is 0 Å². The third-order valence-corrected chi connectivity index (χ3v) is 3.34. The molecule has 1 aliphatic carbocycles. The van der Waals surface area contributed by atoms with Crippen LogP contribution in [0.25, 0.3) is 0 Å². The second kappa shape index (κ2) is 5.85. The maximum absolute atomic E-state index is 11.9. The van der Waals surface area contributed by atoms with E-state index in [0.29, 0.717) is 6.04 Å². The summed E-state index contributed by atoms with van der Waals surface area (Å²) < 4.78 is 0. The molecule has 1 amide bonds. The number of carbonyl (C=O) groups excluding carboxylic acids is 1. The number of rotatable bonds is 5. The fourth-order valence-electron chi connectivity index (χ4n) is 2.28. The predicted molar refractivity (Wildman–Crippen MR) is 71.9 cm³/mol. The molecule has 1 aliphatic rings.